The summed E-state index contributed by atoms with van der Waals surface area (Å²) < 4.78 is 2.19. The summed E-state index contributed by atoms with van der Waals surface area (Å²) in [5.74, 6) is 1.10. The SMILES string of the molecule is CCc1c(C#N)c(-n2c3ccc(C)cc3c3cc(C)ccc32)c(C#N)c(CC)c1N1c2ccc(C)cc2C2CC1[C@@H]2C. The van der Waals surface area contributed by atoms with Crippen LogP contribution in [-0.4, -0.2) is 10.6 Å². The Balaban J connectivity index is 1.62. The number of fused-ring (bicyclic) bond motifs is 3. The van der Waals surface area contributed by atoms with Crippen molar-refractivity contribution in [3.8, 4) is 17.8 Å². The summed E-state index contributed by atoms with van der Waals surface area (Å²) in [6.07, 6.45) is 2.53. The van der Waals surface area contributed by atoms with Crippen LogP contribution in [0.4, 0.5) is 11.4 Å². The Labute approximate surface area is 248 Å². The first-order valence-electron chi connectivity index (χ1n) is 15.3. The third-order valence-electron chi connectivity index (χ3n) is 10.0. The minimum Gasteiger partial charge on any atom is -0.337 e. The van der Waals surface area contributed by atoms with E-state index < -0.39 is 0 Å². The van der Waals surface area contributed by atoms with Crippen LogP contribution in [-0.2, 0) is 12.8 Å². The molecule has 4 nitrogen and oxygen atoms in total. The summed E-state index contributed by atoms with van der Waals surface area (Å²) >= 11 is 0. The molecule has 3 heterocycles. The Bertz CT molecular complexity index is 1930. The number of rotatable bonds is 4. The van der Waals surface area contributed by atoms with Crippen molar-refractivity contribution in [1.29, 1.82) is 10.5 Å². The molecule has 1 aliphatic carbocycles. The van der Waals surface area contributed by atoms with Crippen LogP contribution in [0, 0.1) is 49.4 Å². The van der Waals surface area contributed by atoms with E-state index in [0.717, 1.165) is 50.7 Å². The van der Waals surface area contributed by atoms with Gasteiger partial charge in [-0.1, -0.05) is 61.7 Å². The zero-order chi connectivity index (χ0) is 29.4. The Hall–Kier alpha value is -4.54. The van der Waals surface area contributed by atoms with E-state index in [1.165, 1.54) is 27.9 Å². The molecule has 0 spiro atoms. The number of benzene rings is 4. The molecule has 3 atom stereocenters. The third-order valence-corrected chi connectivity index (χ3v) is 10.0. The molecule has 5 aromatic rings. The Morgan fingerprint density at radius 2 is 1.26 bits per heavy atom. The third kappa shape index (κ3) is 3.45. The molecule has 8 rings (SSSR count). The first-order valence-corrected chi connectivity index (χ1v) is 15.3. The summed E-state index contributed by atoms with van der Waals surface area (Å²) in [4.78, 5) is 2.52. The van der Waals surface area contributed by atoms with E-state index >= 15 is 0 Å². The number of aromatic nitrogens is 1. The quantitative estimate of drug-likeness (QED) is 0.225. The van der Waals surface area contributed by atoms with E-state index in [1.54, 1.807) is 0 Å². The van der Waals surface area contributed by atoms with Crippen molar-refractivity contribution in [1.82, 2.24) is 4.57 Å². The lowest BCUT2D eigenvalue weighted by molar-refractivity contribution is 0.208. The molecule has 0 radical (unpaired) electrons. The fourth-order valence-electron chi connectivity index (χ4n) is 7.93. The van der Waals surface area contributed by atoms with Crippen LogP contribution in [0.15, 0.2) is 54.6 Å². The minimum atomic E-state index is 0.365. The predicted octanol–water partition coefficient (Wildman–Crippen LogP) is 9.22. The van der Waals surface area contributed by atoms with E-state index in [2.05, 4.69) is 118 Å². The number of nitriles is 2. The van der Waals surface area contributed by atoms with Gasteiger partial charge in [-0.2, -0.15) is 10.5 Å². The van der Waals surface area contributed by atoms with Gasteiger partial charge in [-0.15, -0.1) is 0 Å². The van der Waals surface area contributed by atoms with Gasteiger partial charge in [0.25, 0.3) is 0 Å². The smallest absolute Gasteiger partial charge is 0.102 e. The average Bonchev–Trinajstić information content (AvgIpc) is 3.30. The summed E-state index contributed by atoms with van der Waals surface area (Å²) in [5.41, 5.74) is 13.5. The van der Waals surface area contributed by atoms with Crippen molar-refractivity contribution in [3.05, 3.63) is 99.1 Å². The second kappa shape index (κ2) is 9.50. The number of anilines is 2. The zero-order valence-electron chi connectivity index (χ0n) is 25.3. The molecule has 2 unspecified atom stereocenters. The fraction of sp³-hybridized carbons (Fsp3) is 0.316. The van der Waals surface area contributed by atoms with Gasteiger partial charge in [0.15, 0.2) is 0 Å². The second-order valence-corrected chi connectivity index (χ2v) is 12.4. The number of nitrogens with zero attached hydrogens (tertiary/aromatic N) is 4. The maximum absolute atomic E-state index is 10.9. The fourth-order valence-corrected chi connectivity index (χ4v) is 7.93. The van der Waals surface area contributed by atoms with E-state index in [9.17, 15) is 10.5 Å². The predicted molar refractivity (Wildman–Crippen MR) is 172 cm³/mol. The molecule has 3 aliphatic rings. The molecular weight excluding hydrogens is 512 g/mol. The Morgan fingerprint density at radius 1 is 0.738 bits per heavy atom. The molecule has 42 heavy (non-hydrogen) atoms. The van der Waals surface area contributed by atoms with Crippen LogP contribution < -0.4 is 4.90 Å². The van der Waals surface area contributed by atoms with Crippen molar-refractivity contribution >= 4 is 33.2 Å². The summed E-state index contributed by atoms with van der Waals surface area (Å²) in [5, 5.41) is 24.2. The van der Waals surface area contributed by atoms with Crippen LogP contribution >= 0.6 is 0 Å². The van der Waals surface area contributed by atoms with Gasteiger partial charge >= 0.3 is 0 Å². The topological polar surface area (TPSA) is 55.8 Å². The van der Waals surface area contributed by atoms with Crippen LogP contribution in [0.5, 0.6) is 0 Å². The number of aryl methyl sites for hydroxylation is 3. The number of hydrogen-bond acceptors (Lipinski definition) is 3. The zero-order valence-corrected chi connectivity index (χ0v) is 25.3. The molecule has 2 aliphatic heterocycles. The highest BCUT2D eigenvalue weighted by Gasteiger charge is 2.50. The maximum Gasteiger partial charge on any atom is 0.102 e. The summed E-state index contributed by atoms with van der Waals surface area (Å²) in [6, 6.07) is 25.4. The molecule has 0 saturated heterocycles. The molecule has 1 aromatic heterocycles. The first kappa shape index (κ1) is 26.4. The van der Waals surface area contributed by atoms with E-state index in [-0.39, 0.29) is 0 Å². The van der Waals surface area contributed by atoms with E-state index in [4.69, 9.17) is 0 Å². The number of hydrogen-bond donors (Lipinski definition) is 0. The molecular formula is C38H36N4. The van der Waals surface area contributed by atoms with Gasteiger partial charge in [-0.25, -0.2) is 0 Å². The standard InChI is InChI=1S/C38H36N4/c1-7-25-31(19-39)38(41-34-13-10-22(4)16-29(34)30-17-23(5)11-14-35(30)41)32(20-40)26(8-2)37(25)42-33-12-9-21(3)15-28(33)27-18-36(42)24(27)6/h9-17,24,27,36H,7-8,18H2,1-6H3/t24-,27?,36?/m1/s1. The van der Waals surface area contributed by atoms with E-state index in [1.807, 2.05) is 0 Å². The summed E-state index contributed by atoms with van der Waals surface area (Å²) in [7, 11) is 0. The second-order valence-electron chi connectivity index (χ2n) is 12.4. The van der Waals surface area contributed by atoms with Crippen molar-refractivity contribution in [2.24, 2.45) is 5.92 Å². The van der Waals surface area contributed by atoms with Gasteiger partial charge in [0.05, 0.1) is 33.5 Å². The molecule has 4 aromatic carbocycles. The van der Waals surface area contributed by atoms with Crippen molar-refractivity contribution in [3.63, 3.8) is 0 Å². The van der Waals surface area contributed by atoms with Crippen molar-refractivity contribution < 1.29 is 0 Å². The van der Waals surface area contributed by atoms with Crippen LogP contribution in [0.2, 0.25) is 0 Å². The normalized spacial score (nSPS) is 19.0. The largest absolute Gasteiger partial charge is 0.337 e. The molecule has 0 amide bonds. The maximum atomic E-state index is 10.9. The van der Waals surface area contributed by atoms with Gasteiger partial charge < -0.3 is 9.47 Å². The lowest BCUT2D eigenvalue weighted by atomic mass is 9.62. The highest BCUT2D eigenvalue weighted by atomic mass is 15.2. The van der Waals surface area contributed by atoms with E-state index in [0.29, 0.717) is 41.8 Å². The molecule has 4 heteroatoms. The van der Waals surface area contributed by atoms with Crippen LogP contribution in [0.25, 0.3) is 27.5 Å². The van der Waals surface area contributed by atoms with Gasteiger partial charge in [-0.3, -0.25) is 0 Å². The molecule has 208 valence electrons. The first-order chi connectivity index (χ1) is 20.3. The Morgan fingerprint density at radius 3 is 1.76 bits per heavy atom. The minimum absolute atomic E-state index is 0.365. The van der Waals surface area contributed by atoms with Crippen LogP contribution in [0.3, 0.4) is 0 Å². The monoisotopic (exact) mass is 548 g/mol. The average molecular weight is 549 g/mol. The van der Waals surface area contributed by atoms with Crippen molar-refractivity contribution in [2.45, 2.75) is 72.8 Å². The lowest BCUT2D eigenvalue weighted by Crippen LogP contribution is -2.53. The highest BCUT2D eigenvalue weighted by Crippen LogP contribution is 2.58. The Kier molecular flexibility index (Phi) is 5.96. The van der Waals surface area contributed by atoms with Gasteiger partial charge in [-0.05, 0) is 98.9 Å². The highest BCUT2D eigenvalue weighted by molar-refractivity contribution is 6.10. The lowest BCUT2D eigenvalue weighted by Gasteiger charge is -2.56. The van der Waals surface area contributed by atoms with Crippen molar-refractivity contribution in [2.75, 3.05) is 4.90 Å². The molecule has 2 bridgehead atoms. The van der Waals surface area contributed by atoms with Gasteiger partial charge in [0.2, 0.25) is 0 Å². The van der Waals surface area contributed by atoms with Gasteiger partial charge in [0, 0.05) is 22.5 Å². The van der Waals surface area contributed by atoms with Gasteiger partial charge in [0.1, 0.15) is 12.1 Å². The molecule has 1 fully saturated rings. The molecule has 1 saturated carbocycles. The molecule has 0 N–H and O–H groups in total. The van der Waals surface area contributed by atoms with Crippen LogP contribution in [0.1, 0.15) is 77.6 Å². The summed E-state index contributed by atoms with van der Waals surface area (Å²) in [6.45, 7) is 13.1.